The number of likely N-dealkylation sites (tertiary alicyclic amines) is 1. The molecule has 1 aromatic carbocycles. The van der Waals surface area contributed by atoms with Crippen molar-refractivity contribution in [2.45, 2.75) is 51.0 Å². The summed E-state index contributed by atoms with van der Waals surface area (Å²) < 4.78 is 0. The van der Waals surface area contributed by atoms with Gasteiger partial charge in [0.2, 0.25) is 0 Å². The molecule has 2 unspecified atom stereocenters. The Morgan fingerprint density at radius 3 is 2.65 bits per heavy atom. The van der Waals surface area contributed by atoms with E-state index in [2.05, 4.69) is 61.4 Å². The number of likely N-dealkylation sites (N-methyl/N-ethyl adjacent to an activating group) is 1. The maximum atomic E-state index is 3.40. The summed E-state index contributed by atoms with van der Waals surface area (Å²) in [6.45, 7) is 8.20. The monoisotopic (exact) mass is 274 g/mol. The van der Waals surface area contributed by atoms with Crippen LogP contribution in [0.25, 0.3) is 0 Å². The van der Waals surface area contributed by atoms with Crippen molar-refractivity contribution in [1.82, 2.24) is 10.2 Å². The summed E-state index contributed by atoms with van der Waals surface area (Å²) in [5.41, 5.74) is 1.65. The average Bonchev–Trinajstić information content (AvgIpc) is 2.49. The molecule has 1 aromatic rings. The second-order valence-electron chi connectivity index (χ2n) is 6.49. The van der Waals surface area contributed by atoms with Crippen LogP contribution in [-0.2, 0) is 5.41 Å². The van der Waals surface area contributed by atoms with E-state index in [1.807, 2.05) is 0 Å². The third-order valence-electron chi connectivity index (χ3n) is 4.81. The number of nitrogens with zero attached hydrogens (tertiary/aromatic N) is 1. The summed E-state index contributed by atoms with van der Waals surface area (Å²) in [5, 5.41) is 3.40. The van der Waals surface area contributed by atoms with Gasteiger partial charge in [-0.15, -0.1) is 0 Å². The number of nitrogens with one attached hydrogen (secondary N) is 1. The molecule has 0 radical (unpaired) electrons. The average molecular weight is 274 g/mol. The second kappa shape index (κ2) is 7.24. The van der Waals surface area contributed by atoms with Crippen LogP contribution < -0.4 is 5.32 Å². The van der Waals surface area contributed by atoms with Crippen LogP contribution in [0.5, 0.6) is 0 Å². The van der Waals surface area contributed by atoms with E-state index in [4.69, 9.17) is 0 Å². The fraction of sp³-hybridized carbons (Fsp3) is 0.667. The molecule has 1 aliphatic rings. The predicted molar refractivity (Wildman–Crippen MR) is 87.2 cm³/mol. The molecular weight excluding hydrogens is 244 g/mol. The van der Waals surface area contributed by atoms with E-state index in [0.29, 0.717) is 0 Å². The fourth-order valence-corrected chi connectivity index (χ4v) is 3.66. The maximum absolute atomic E-state index is 3.40. The summed E-state index contributed by atoms with van der Waals surface area (Å²) in [4.78, 5) is 2.73. The first kappa shape index (κ1) is 15.5. The van der Waals surface area contributed by atoms with E-state index in [1.54, 1.807) is 0 Å². The third-order valence-corrected chi connectivity index (χ3v) is 4.81. The fourth-order valence-electron chi connectivity index (χ4n) is 3.66. The molecule has 1 heterocycles. The van der Waals surface area contributed by atoms with E-state index in [0.717, 1.165) is 19.1 Å². The topological polar surface area (TPSA) is 15.3 Å². The van der Waals surface area contributed by atoms with Gasteiger partial charge in [-0.05, 0) is 38.4 Å². The third kappa shape index (κ3) is 3.62. The highest BCUT2D eigenvalue weighted by Gasteiger charge is 2.32. The summed E-state index contributed by atoms with van der Waals surface area (Å²) in [6, 6.07) is 11.8. The van der Waals surface area contributed by atoms with Crippen molar-refractivity contribution in [3.63, 3.8) is 0 Å². The Labute approximate surface area is 124 Å². The molecule has 0 bridgehead atoms. The van der Waals surface area contributed by atoms with Crippen molar-refractivity contribution in [3.05, 3.63) is 35.9 Å². The Morgan fingerprint density at radius 1 is 1.25 bits per heavy atom. The number of rotatable bonds is 6. The molecule has 2 nitrogen and oxygen atoms in total. The van der Waals surface area contributed by atoms with Crippen molar-refractivity contribution >= 4 is 0 Å². The minimum Gasteiger partial charge on any atom is -0.319 e. The Bertz CT molecular complexity index is 390. The molecule has 0 aromatic heterocycles. The van der Waals surface area contributed by atoms with Gasteiger partial charge in [-0.1, -0.05) is 50.6 Å². The van der Waals surface area contributed by atoms with Crippen molar-refractivity contribution in [3.8, 4) is 0 Å². The zero-order valence-corrected chi connectivity index (χ0v) is 13.4. The van der Waals surface area contributed by atoms with Gasteiger partial charge < -0.3 is 5.32 Å². The first-order valence-corrected chi connectivity index (χ1v) is 8.14. The van der Waals surface area contributed by atoms with Crippen LogP contribution in [0.2, 0.25) is 0 Å². The van der Waals surface area contributed by atoms with Crippen molar-refractivity contribution < 1.29 is 0 Å². The van der Waals surface area contributed by atoms with E-state index in [1.165, 1.54) is 37.8 Å². The zero-order chi connectivity index (χ0) is 14.4. The first-order chi connectivity index (χ1) is 9.69. The Morgan fingerprint density at radius 2 is 2.00 bits per heavy atom. The van der Waals surface area contributed by atoms with Gasteiger partial charge in [0.1, 0.15) is 0 Å². The number of piperidine rings is 1. The van der Waals surface area contributed by atoms with E-state index in [9.17, 15) is 0 Å². The highest BCUT2D eigenvalue weighted by atomic mass is 15.2. The van der Waals surface area contributed by atoms with E-state index >= 15 is 0 Å². The molecule has 0 amide bonds. The van der Waals surface area contributed by atoms with Gasteiger partial charge in [0.15, 0.2) is 0 Å². The van der Waals surface area contributed by atoms with Gasteiger partial charge >= 0.3 is 0 Å². The minimum atomic E-state index is 0.195. The Hall–Kier alpha value is -0.860. The van der Waals surface area contributed by atoms with Gasteiger partial charge in [-0.25, -0.2) is 0 Å². The lowest BCUT2D eigenvalue weighted by molar-refractivity contribution is 0.113. The second-order valence-corrected chi connectivity index (χ2v) is 6.49. The van der Waals surface area contributed by atoms with E-state index < -0.39 is 0 Å². The van der Waals surface area contributed by atoms with Crippen LogP contribution in [-0.4, -0.2) is 37.6 Å². The number of hydrogen-bond acceptors (Lipinski definition) is 2. The number of hydrogen-bond donors (Lipinski definition) is 1. The maximum Gasteiger partial charge on any atom is 0.0177 e. The lowest BCUT2D eigenvalue weighted by Gasteiger charge is -2.42. The number of benzene rings is 1. The molecule has 1 aliphatic heterocycles. The Balaban J connectivity index is 2.16. The van der Waals surface area contributed by atoms with Crippen molar-refractivity contribution in [2.24, 2.45) is 0 Å². The summed E-state index contributed by atoms with van der Waals surface area (Å²) in [7, 11) is 2.06. The van der Waals surface area contributed by atoms with Gasteiger partial charge in [0.05, 0.1) is 0 Å². The van der Waals surface area contributed by atoms with Gasteiger partial charge in [-0.3, -0.25) is 4.90 Å². The first-order valence-electron chi connectivity index (χ1n) is 8.14. The van der Waals surface area contributed by atoms with Crippen LogP contribution >= 0.6 is 0 Å². The van der Waals surface area contributed by atoms with Crippen LogP contribution in [0.3, 0.4) is 0 Å². The molecule has 0 spiro atoms. The highest BCUT2D eigenvalue weighted by Crippen LogP contribution is 2.28. The van der Waals surface area contributed by atoms with Crippen molar-refractivity contribution in [2.75, 3.05) is 26.7 Å². The van der Waals surface area contributed by atoms with E-state index in [-0.39, 0.29) is 5.41 Å². The zero-order valence-electron chi connectivity index (χ0n) is 13.4. The van der Waals surface area contributed by atoms with Gasteiger partial charge in [-0.2, -0.15) is 0 Å². The predicted octanol–water partition coefficient (Wildman–Crippen LogP) is 3.43. The van der Waals surface area contributed by atoms with Crippen LogP contribution in [0.4, 0.5) is 0 Å². The molecule has 1 saturated heterocycles. The molecule has 2 rings (SSSR count). The highest BCUT2D eigenvalue weighted by molar-refractivity contribution is 5.25. The van der Waals surface area contributed by atoms with Crippen molar-refractivity contribution in [1.29, 1.82) is 0 Å². The molecule has 20 heavy (non-hydrogen) atoms. The largest absolute Gasteiger partial charge is 0.319 e. The molecule has 2 atom stereocenters. The summed E-state index contributed by atoms with van der Waals surface area (Å²) >= 11 is 0. The van der Waals surface area contributed by atoms with Crippen LogP contribution in [0.15, 0.2) is 30.3 Å². The lowest BCUT2D eigenvalue weighted by atomic mass is 9.80. The van der Waals surface area contributed by atoms with Gasteiger partial charge in [0, 0.05) is 24.5 Å². The smallest absolute Gasteiger partial charge is 0.0177 e. The lowest BCUT2D eigenvalue weighted by Crippen LogP contribution is -2.49. The molecule has 2 heteroatoms. The van der Waals surface area contributed by atoms with Crippen LogP contribution in [0.1, 0.15) is 45.1 Å². The molecule has 0 aliphatic carbocycles. The Kier molecular flexibility index (Phi) is 5.62. The molecule has 1 N–H and O–H groups in total. The normalized spacial score (nSPS) is 23.4. The summed E-state index contributed by atoms with van der Waals surface area (Å²) in [6.07, 6.45) is 5.43. The standard InChI is InChI=1S/C18H30N2/c1-4-17-12-8-9-13-20(17)15-18(2,14-19-3)16-10-6-5-7-11-16/h5-7,10-11,17,19H,4,8-9,12-15H2,1-3H3. The minimum absolute atomic E-state index is 0.195. The molecule has 0 saturated carbocycles. The molecule has 112 valence electrons. The van der Waals surface area contributed by atoms with Crippen LogP contribution in [0, 0.1) is 0 Å². The SMILES string of the molecule is CCC1CCCCN1CC(C)(CNC)c1ccccc1. The summed E-state index contributed by atoms with van der Waals surface area (Å²) in [5.74, 6) is 0. The molecular formula is C18H30N2. The molecule has 1 fully saturated rings. The quantitative estimate of drug-likeness (QED) is 0.855. The van der Waals surface area contributed by atoms with Gasteiger partial charge in [0.25, 0.3) is 0 Å².